The van der Waals surface area contributed by atoms with Crippen LogP contribution in [0.4, 0.5) is 0 Å². The molecule has 2 fully saturated rings. The number of nitrogens with zero attached hydrogens (tertiary/aromatic N) is 1. The maximum atomic E-state index is 12.8. The average Bonchev–Trinajstić information content (AvgIpc) is 3.15. The molecule has 3 atom stereocenters. The van der Waals surface area contributed by atoms with Crippen LogP contribution < -0.4 is 0 Å². The number of aliphatic carboxylic acids is 1. The maximum absolute atomic E-state index is 12.8. The minimum absolute atomic E-state index is 0.00506. The number of carboxylic acids is 1. The Hall–Kier alpha value is -1.26. The molecule has 0 radical (unpaired) electrons. The Bertz CT molecular complexity index is 671. The zero-order valence-corrected chi connectivity index (χ0v) is 15.3. The van der Waals surface area contributed by atoms with Crippen molar-refractivity contribution in [3.05, 3.63) is 33.8 Å². The molecule has 1 aliphatic carbocycles. The van der Waals surface area contributed by atoms with E-state index in [1.165, 1.54) is 0 Å². The Kier molecular flexibility index (Phi) is 4.56. The van der Waals surface area contributed by atoms with Gasteiger partial charge in [-0.3, -0.25) is 9.59 Å². The predicted octanol–water partition coefficient (Wildman–Crippen LogP) is 4.06. The van der Waals surface area contributed by atoms with Gasteiger partial charge in [0, 0.05) is 29.1 Å². The van der Waals surface area contributed by atoms with E-state index in [0.717, 1.165) is 12.0 Å². The second-order valence-corrected chi connectivity index (χ2v) is 8.15. The molecular formula is C18H21Cl2NO3. The van der Waals surface area contributed by atoms with Gasteiger partial charge in [-0.25, -0.2) is 0 Å². The Morgan fingerprint density at radius 1 is 1.25 bits per heavy atom. The van der Waals surface area contributed by atoms with Crippen LogP contribution in [-0.4, -0.2) is 35.0 Å². The highest BCUT2D eigenvalue weighted by molar-refractivity contribution is 6.34. The number of amides is 1. The lowest BCUT2D eigenvalue weighted by molar-refractivity contribution is -0.151. The highest BCUT2D eigenvalue weighted by Gasteiger charge is 2.52. The molecule has 1 aromatic carbocycles. The third-order valence-electron chi connectivity index (χ3n) is 5.56. The monoisotopic (exact) mass is 369 g/mol. The van der Waals surface area contributed by atoms with Crippen LogP contribution in [0.15, 0.2) is 18.2 Å². The van der Waals surface area contributed by atoms with Crippen LogP contribution in [0, 0.1) is 17.3 Å². The molecule has 1 aliphatic heterocycles. The fourth-order valence-corrected chi connectivity index (χ4v) is 4.32. The summed E-state index contributed by atoms with van der Waals surface area (Å²) in [5.41, 5.74) is 0.165. The van der Waals surface area contributed by atoms with E-state index in [1.54, 1.807) is 11.0 Å². The molecule has 4 nitrogen and oxygen atoms in total. The molecule has 0 aromatic heterocycles. The number of benzene rings is 1. The molecule has 130 valence electrons. The fraction of sp³-hybridized carbons (Fsp3) is 0.556. The lowest BCUT2D eigenvalue weighted by atomic mass is 9.76. The van der Waals surface area contributed by atoms with Crippen molar-refractivity contribution < 1.29 is 14.7 Å². The number of carbonyl (C=O) groups excluding carboxylic acids is 1. The predicted molar refractivity (Wildman–Crippen MR) is 93.4 cm³/mol. The highest BCUT2D eigenvalue weighted by atomic mass is 35.5. The van der Waals surface area contributed by atoms with Gasteiger partial charge in [0.1, 0.15) is 0 Å². The molecule has 1 aromatic rings. The maximum Gasteiger partial charge on any atom is 0.311 e. The summed E-state index contributed by atoms with van der Waals surface area (Å²) >= 11 is 12.1. The first-order chi connectivity index (χ1) is 11.2. The fourth-order valence-electron chi connectivity index (χ4n) is 3.77. The summed E-state index contributed by atoms with van der Waals surface area (Å²) in [6.45, 7) is 4.65. The van der Waals surface area contributed by atoms with Gasteiger partial charge in [-0.05, 0) is 48.4 Å². The lowest BCUT2D eigenvalue weighted by Gasteiger charge is -2.28. The largest absolute Gasteiger partial charge is 0.481 e. The quantitative estimate of drug-likeness (QED) is 0.870. The zero-order valence-electron chi connectivity index (χ0n) is 13.8. The number of rotatable bonds is 4. The summed E-state index contributed by atoms with van der Waals surface area (Å²) < 4.78 is 0. The third-order valence-corrected chi connectivity index (χ3v) is 6.00. The minimum atomic E-state index is -0.820. The minimum Gasteiger partial charge on any atom is -0.481 e. The third kappa shape index (κ3) is 3.02. The second-order valence-electron chi connectivity index (χ2n) is 7.28. The van der Waals surface area contributed by atoms with Gasteiger partial charge in [0.25, 0.3) is 0 Å². The molecule has 1 saturated carbocycles. The molecule has 24 heavy (non-hydrogen) atoms. The van der Waals surface area contributed by atoms with Crippen molar-refractivity contribution in [2.75, 3.05) is 13.1 Å². The van der Waals surface area contributed by atoms with Gasteiger partial charge in [0.15, 0.2) is 0 Å². The molecule has 6 heteroatoms. The first-order valence-electron chi connectivity index (χ1n) is 8.23. The van der Waals surface area contributed by atoms with Crippen LogP contribution in [0.1, 0.15) is 38.2 Å². The number of halogens is 2. The molecule has 1 saturated heterocycles. The molecule has 1 heterocycles. The van der Waals surface area contributed by atoms with Crippen LogP contribution in [0.5, 0.6) is 0 Å². The number of carbonyl (C=O) groups is 2. The van der Waals surface area contributed by atoms with Gasteiger partial charge in [0.2, 0.25) is 5.91 Å². The molecule has 1 N–H and O–H groups in total. The van der Waals surface area contributed by atoms with Crippen molar-refractivity contribution in [3.8, 4) is 0 Å². The lowest BCUT2D eigenvalue weighted by Crippen LogP contribution is -2.41. The van der Waals surface area contributed by atoms with Gasteiger partial charge in [-0.2, -0.15) is 0 Å². The molecule has 0 spiro atoms. The van der Waals surface area contributed by atoms with E-state index in [-0.39, 0.29) is 23.7 Å². The van der Waals surface area contributed by atoms with Crippen LogP contribution >= 0.6 is 23.2 Å². The van der Waals surface area contributed by atoms with E-state index in [1.807, 2.05) is 26.0 Å². The van der Waals surface area contributed by atoms with Crippen LogP contribution in [0.3, 0.4) is 0 Å². The van der Waals surface area contributed by atoms with Gasteiger partial charge < -0.3 is 10.0 Å². The molecule has 3 unspecified atom stereocenters. The van der Waals surface area contributed by atoms with Crippen molar-refractivity contribution in [1.82, 2.24) is 4.90 Å². The smallest absolute Gasteiger partial charge is 0.311 e. The van der Waals surface area contributed by atoms with Crippen molar-refractivity contribution in [2.24, 2.45) is 17.3 Å². The van der Waals surface area contributed by atoms with Crippen LogP contribution in [0.25, 0.3) is 0 Å². The summed E-state index contributed by atoms with van der Waals surface area (Å²) in [6.07, 6.45) is 1.29. The van der Waals surface area contributed by atoms with E-state index in [0.29, 0.717) is 29.6 Å². The van der Waals surface area contributed by atoms with Crippen molar-refractivity contribution in [3.63, 3.8) is 0 Å². The Labute approximate surface area is 151 Å². The zero-order chi connectivity index (χ0) is 17.6. The molecule has 3 rings (SSSR count). The molecule has 2 aliphatic rings. The van der Waals surface area contributed by atoms with E-state index < -0.39 is 11.4 Å². The van der Waals surface area contributed by atoms with E-state index in [4.69, 9.17) is 23.2 Å². The average molecular weight is 370 g/mol. The van der Waals surface area contributed by atoms with E-state index in [9.17, 15) is 14.7 Å². The van der Waals surface area contributed by atoms with Crippen molar-refractivity contribution in [1.29, 1.82) is 0 Å². The first-order valence-corrected chi connectivity index (χ1v) is 8.98. The SMILES string of the molecule is CC(C)C1(C(=O)O)CCN(C(=O)C2CC2c2cc(Cl)cc(Cl)c2)C1. The topological polar surface area (TPSA) is 57.6 Å². The summed E-state index contributed by atoms with van der Waals surface area (Å²) in [5.74, 6) is -0.708. The molecule has 0 bridgehead atoms. The van der Waals surface area contributed by atoms with Crippen LogP contribution in [0.2, 0.25) is 10.0 Å². The standard InChI is InChI=1S/C18H21Cl2NO3/c1-10(2)18(17(23)24)3-4-21(9-18)16(22)15-8-14(15)11-5-12(19)7-13(20)6-11/h5-7,10,14-15H,3-4,8-9H2,1-2H3,(H,23,24). The van der Waals surface area contributed by atoms with E-state index >= 15 is 0 Å². The van der Waals surface area contributed by atoms with Gasteiger partial charge in [0.05, 0.1) is 5.41 Å². The van der Waals surface area contributed by atoms with Gasteiger partial charge >= 0.3 is 5.97 Å². The Balaban J connectivity index is 1.70. The van der Waals surface area contributed by atoms with Gasteiger partial charge in [-0.1, -0.05) is 37.0 Å². The van der Waals surface area contributed by atoms with Crippen molar-refractivity contribution >= 4 is 35.1 Å². The van der Waals surface area contributed by atoms with Crippen molar-refractivity contribution in [2.45, 2.75) is 32.6 Å². The summed E-state index contributed by atoms with van der Waals surface area (Å²) in [7, 11) is 0. The number of hydrogen-bond acceptors (Lipinski definition) is 2. The summed E-state index contributed by atoms with van der Waals surface area (Å²) in [6, 6.07) is 5.38. The van der Waals surface area contributed by atoms with E-state index in [2.05, 4.69) is 0 Å². The summed E-state index contributed by atoms with van der Waals surface area (Å²) in [4.78, 5) is 26.2. The molecular weight excluding hydrogens is 349 g/mol. The number of carboxylic acid groups (broad SMARTS) is 1. The number of likely N-dealkylation sites (tertiary alicyclic amines) is 1. The Morgan fingerprint density at radius 2 is 1.88 bits per heavy atom. The first kappa shape index (κ1) is 17.6. The molecule has 1 amide bonds. The summed E-state index contributed by atoms with van der Waals surface area (Å²) in [5, 5.41) is 10.8. The highest BCUT2D eigenvalue weighted by Crippen LogP contribution is 2.50. The number of hydrogen-bond donors (Lipinski definition) is 1. The Morgan fingerprint density at radius 3 is 2.38 bits per heavy atom. The second kappa shape index (κ2) is 6.23. The van der Waals surface area contributed by atoms with Gasteiger partial charge in [-0.15, -0.1) is 0 Å². The normalized spacial score (nSPS) is 29.1. The van der Waals surface area contributed by atoms with Crippen LogP contribution in [-0.2, 0) is 9.59 Å².